The van der Waals surface area contributed by atoms with Gasteiger partial charge in [-0.2, -0.15) is 0 Å². The zero-order valence-electron chi connectivity index (χ0n) is 13.4. The van der Waals surface area contributed by atoms with Gasteiger partial charge in [-0.3, -0.25) is 0 Å². The van der Waals surface area contributed by atoms with Crippen LogP contribution in [-0.2, 0) is 6.42 Å². The van der Waals surface area contributed by atoms with Gasteiger partial charge in [0, 0.05) is 11.6 Å². The largest absolute Gasteiger partial charge is 0.491 e. The Hall–Kier alpha value is -1.80. The maximum Gasteiger partial charge on any atom is 0.124 e. The van der Waals surface area contributed by atoms with Gasteiger partial charge in [0.25, 0.3) is 0 Å². The molecule has 2 aromatic carbocycles. The average molecular weight is 283 g/mol. The third-order valence-electron chi connectivity index (χ3n) is 3.69. The molecule has 0 aliphatic heterocycles. The highest BCUT2D eigenvalue weighted by atomic mass is 16.5. The fourth-order valence-electron chi connectivity index (χ4n) is 2.56. The lowest BCUT2D eigenvalue weighted by atomic mass is 9.95. The number of ether oxygens (including phenoxy) is 1. The van der Waals surface area contributed by atoms with Crippen LogP contribution in [0, 0.1) is 6.92 Å². The van der Waals surface area contributed by atoms with E-state index in [4.69, 9.17) is 4.74 Å². The Balaban J connectivity index is 2.27. The Kier molecular flexibility index (Phi) is 5.40. The van der Waals surface area contributed by atoms with E-state index < -0.39 is 0 Å². The van der Waals surface area contributed by atoms with Crippen molar-refractivity contribution in [3.63, 3.8) is 0 Å². The van der Waals surface area contributed by atoms with E-state index in [0.717, 1.165) is 12.2 Å². The number of rotatable bonds is 6. The summed E-state index contributed by atoms with van der Waals surface area (Å²) in [6.45, 7) is 6.29. The second kappa shape index (κ2) is 7.28. The SMILES string of the molecule is CNC(Cc1ccccc1C)c1ccccc1OC(C)C. The van der Waals surface area contributed by atoms with Crippen molar-refractivity contribution in [3.8, 4) is 5.75 Å². The number of benzene rings is 2. The van der Waals surface area contributed by atoms with Crippen molar-refractivity contribution in [1.82, 2.24) is 5.32 Å². The van der Waals surface area contributed by atoms with Gasteiger partial charge >= 0.3 is 0 Å². The van der Waals surface area contributed by atoms with E-state index in [9.17, 15) is 0 Å². The third kappa shape index (κ3) is 4.08. The Morgan fingerprint density at radius 3 is 2.33 bits per heavy atom. The number of likely N-dealkylation sites (N-methyl/N-ethyl adjacent to an activating group) is 1. The molecule has 2 heteroatoms. The van der Waals surface area contributed by atoms with Gasteiger partial charge < -0.3 is 10.1 Å². The van der Waals surface area contributed by atoms with E-state index in [1.54, 1.807) is 0 Å². The lowest BCUT2D eigenvalue weighted by molar-refractivity contribution is 0.238. The predicted octanol–water partition coefficient (Wildman–Crippen LogP) is 4.29. The van der Waals surface area contributed by atoms with Crippen LogP contribution in [0.4, 0.5) is 0 Å². The first-order chi connectivity index (χ1) is 10.1. The zero-order valence-corrected chi connectivity index (χ0v) is 13.4. The summed E-state index contributed by atoms with van der Waals surface area (Å²) in [6, 6.07) is 17.1. The standard InChI is InChI=1S/C19H25NO/c1-14(2)21-19-12-8-7-11-17(19)18(20-4)13-16-10-6-5-9-15(16)3/h5-12,14,18,20H,13H2,1-4H3. The summed E-state index contributed by atoms with van der Waals surface area (Å²) in [7, 11) is 2.01. The molecule has 0 aliphatic carbocycles. The molecular weight excluding hydrogens is 258 g/mol. The number of nitrogens with one attached hydrogen (secondary N) is 1. The van der Waals surface area contributed by atoms with Gasteiger partial charge in [-0.05, 0) is 51.4 Å². The second-order valence-electron chi connectivity index (χ2n) is 5.68. The van der Waals surface area contributed by atoms with Crippen LogP contribution in [0.5, 0.6) is 5.75 Å². The first-order valence-corrected chi connectivity index (χ1v) is 7.59. The Labute approximate surface area is 128 Å². The molecule has 1 unspecified atom stereocenters. The van der Waals surface area contributed by atoms with E-state index in [0.29, 0.717) is 0 Å². The van der Waals surface area contributed by atoms with Crippen molar-refractivity contribution >= 4 is 0 Å². The van der Waals surface area contributed by atoms with Crippen LogP contribution >= 0.6 is 0 Å². The van der Waals surface area contributed by atoms with Crippen LogP contribution < -0.4 is 10.1 Å². The van der Waals surface area contributed by atoms with Crippen molar-refractivity contribution in [2.24, 2.45) is 0 Å². The van der Waals surface area contributed by atoms with E-state index in [1.165, 1.54) is 16.7 Å². The fourth-order valence-corrected chi connectivity index (χ4v) is 2.56. The summed E-state index contributed by atoms with van der Waals surface area (Å²) in [5, 5.41) is 3.43. The molecule has 0 amide bonds. The van der Waals surface area contributed by atoms with E-state index in [2.05, 4.69) is 68.6 Å². The highest BCUT2D eigenvalue weighted by Crippen LogP contribution is 2.28. The van der Waals surface area contributed by atoms with Crippen molar-refractivity contribution in [2.75, 3.05) is 7.05 Å². The van der Waals surface area contributed by atoms with Crippen LogP contribution in [0.25, 0.3) is 0 Å². The zero-order chi connectivity index (χ0) is 15.2. The van der Waals surface area contributed by atoms with Gasteiger partial charge in [0.1, 0.15) is 5.75 Å². The van der Waals surface area contributed by atoms with Crippen molar-refractivity contribution < 1.29 is 4.74 Å². The molecule has 0 fully saturated rings. The van der Waals surface area contributed by atoms with Gasteiger partial charge in [-0.25, -0.2) is 0 Å². The second-order valence-corrected chi connectivity index (χ2v) is 5.68. The minimum Gasteiger partial charge on any atom is -0.491 e. The molecule has 21 heavy (non-hydrogen) atoms. The lowest BCUT2D eigenvalue weighted by Gasteiger charge is -2.22. The van der Waals surface area contributed by atoms with Gasteiger partial charge in [0.05, 0.1) is 6.10 Å². The van der Waals surface area contributed by atoms with Crippen LogP contribution in [-0.4, -0.2) is 13.2 Å². The molecule has 0 saturated carbocycles. The van der Waals surface area contributed by atoms with Gasteiger partial charge in [0.15, 0.2) is 0 Å². The molecule has 0 heterocycles. The molecule has 0 radical (unpaired) electrons. The minimum absolute atomic E-state index is 0.183. The van der Waals surface area contributed by atoms with Crippen molar-refractivity contribution in [1.29, 1.82) is 0 Å². The monoisotopic (exact) mass is 283 g/mol. The molecule has 1 atom stereocenters. The van der Waals surface area contributed by atoms with Crippen molar-refractivity contribution in [3.05, 3.63) is 65.2 Å². The molecule has 1 N–H and O–H groups in total. The number of para-hydroxylation sites is 1. The van der Waals surface area contributed by atoms with Crippen molar-refractivity contribution in [2.45, 2.75) is 39.3 Å². The van der Waals surface area contributed by atoms with E-state index in [-0.39, 0.29) is 12.1 Å². The molecule has 2 nitrogen and oxygen atoms in total. The fraction of sp³-hybridized carbons (Fsp3) is 0.368. The average Bonchev–Trinajstić information content (AvgIpc) is 2.47. The summed E-state index contributed by atoms with van der Waals surface area (Å²) in [5.41, 5.74) is 3.92. The molecule has 0 bridgehead atoms. The Morgan fingerprint density at radius 2 is 1.67 bits per heavy atom. The first-order valence-electron chi connectivity index (χ1n) is 7.59. The third-order valence-corrected chi connectivity index (χ3v) is 3.69. The Morgan fingerprint density at radius 1 is 1.00 bits per heavy atom. The molecule has 0 aromatic heterocycles. The topological polar surface area (TPSA) is 21.3 Å². The summed E-state index contributed by atoms with van der Waals surface area (Å²) in [6.07, 6.45) is 1.14. The van der Waals surface area contributed by atoms with E-state index >= 15 is 0 Å². The van der Waals surface area contributed by atoms with Crippen LogP contribution in [0.2, 0.25) is 0 Å². The Bertz CT molecular complexity index is 577. The maximum absolute atomic E-state index is 5.96. The highest BCUT2D eigenvalue weighted by Gasteiger charge is 2.16. The van der Waals surface area contributed by atoms with Crippen LogP contribution in [0.1, 0.15) is 36.6 Å². The maximum atomic E-state index is 5.96. The quantitative estimate of drug-likeness (QED) is 0.854. The summed E-state index contributed by atoms with van der Waals surface area (Å²) in [5.74, 6) is 0.973. The molecule has 2 rings (SSSR count). The number of hydrogen-bond donors (Lipinski definition) is 1. The molecule has 112 valence electrons. The van der Waals surface area contributed by atoms with Crippen LogP contribution in [0.15, 0.2) is 48.5 Å². The molecule has 0 saturated heterocycles. The molecular formula is C19H25NO. The van der Waals surface area contributed by atoms with Gasteiger partial charge in [-0.15, -0.1) is 0 Å². The molecule has 0 spiro atoms. The van der Waals surface area contributed by atoms with Crippen LogP contribution in [0.3, 0.4) is 0 Å². The normalized spacial score (nSPS) is 12.4. The lowest BCUT2D eigenvalue weighted by Crippen LogP contribution is -2.21. The predicted molar refractivity (Wildman–Crippen MR) is 88.9 cm³/mol. The summed E-state index contributed by atoms with van der Waals surface area (Å²) < 4.78 is 5.96. The highest BCUT2D eigenvalue weighted by molar-refractivity contribution is 5.38. The molecule has 0 aliphatic rings. The summed E-state index contributed by atoms with van der Waals surface area (Å²) >= 11 is 0. The molecule has 2 aromatic rings. The first kappa shape index (κ1) is 15.6. The number of aryl methyl sites for hydroxylation is 1. The van der Waals surface area contributed by atoms with Gasteiger partial charge in [0.2, 0.25) is 0 Å². The summed E-state index contributed by atoms with van der Waals surface area (Å²) in [4.78, 5) is 0. The van der Waals surface area contributed by atoms with E-state index in [1.807, 2.05) is 13.1 Å². The smallest absolute Gasteiger partial charge is 0.124 e. The number of hydrogen-bond acceptors (Lipinski definition) is 2. The minimum atomic E-state index is 0.183. The van der Waals surface area contributed by atoms with Gasteiger partial charge in [-0.1, -0.05) is 42.5 Å².